The highest BCUT2D eigenvalue weighted by atomic mass is 35.5. The Balaban J connectivity index is 1.41. The number of carbonyl (C=O) groups excluding carboxylic acids is 2. The first-order valence-electron chi connectivity index (χ1n) is 9.37. The molecule has 0 saturated heterocycles. The van der Waals surface area contributed by atoms with Crippen LogP contribution in [0.1, 0.15) is 22.2 Å². The van der Waals surface area contributed by atoms with E-state index in [0.29, 0.717) is 16.5 Å². The number of nitrogens with one attached hydrogen (secondary N) is 2. The van der Waals surface area contributed by atoms with E-state index >= 15 is 0 Å². The van der Waals surface area contributed by atoms with Crippen molar-refractivity contribution >= 4 is 40.8 Å². The largest absolute Gasteiger partial charge is 0.484 e. The van der Waals surface area contributed by atoms with Crippen molar-refractivity contribution < 1.29 is 23.8 Å². The zero-order valence-electron chi connectivity index (χ0n) is 17.1. The van der Waals surface area contributed by atoms with Gasteiger partial charge in [0, 0.05) is 18.1 Å². The number of amides is 2. The van der Waals surface area contributed by atoms with E-state index in [1.807, 2.05) is 0 Å². The normalized spacial score (nSPS) is 10.6. The molecule has 0 spiro atoms. The van der Waals surface area contributed by atoms with Gasteiger partial charge in [-0.15, -0.1) is 0 Å². The number of aromatic nitrogens is 4. The Morgan fingerprint density at radius 1 is 1.21 bits per heavy atom. The lowest BCUT2D eigenvalue weighted by atomic mass is 10.3. The minimum absolute atomic E-state index is 0.0740. The minimum atomic E-state index is -0.705. The molecular weight excluding hydrogens is 481 g/mol. The number of hydrogen-bond donors (Lipinski definition) is 2. The summed E-state index contributed by atoms with van der Waals surface area (Å²) < 4.78 is 11.4. The van der Waals surface area contributed by atoms with Gasteiger partial charge in [0.15, 0.2) is 17.5 Å². The van der Waals surface area contributed by atoms with E-state index < -0.39 is 16.6 Å². The summed E-state index contributed by atoms with van der Waals surface area (Å²) >= 11 is 11.7. The maximum Gasteiger partial charge on any atom is 0.408 e. The first-order valence-corrected chi connectivity index (χ1v) is 10.1. The van der Waals surface area contributed by atoms with Crippen LogP contribution in [-0.4, -0.2) is 56.4 Å². The highest BCUT2D eigenvalue weighted by Crippen LogP contribution is 2.26. The molecule has 0 fully saturated rings. The molecule has 2 aromatic heterocycles. The van der Waals surface area contributed by atoms with Gasteiger partial charge in [-0.2, -0.15) is 9.67 Å². The number of nitrogens with zero attached hydrogens (tertiary/aromatic N) is 5. The number of ether oxygens (including phenoxy) is 1. The van der Waals surface area contributed by atoms with Crippen molar-refractivity contribution in [3.05, 3.63) is 61.8 Å². The van der Waals surface area contributed by atoms with Gasteiger partial charge in [0.05, 0.1) is 10.8 Å². The van der Waals surface area contributed by atoms with Crippen LogP contribution in [0.25, 0.3) is 0 Å². The first kappa shape index (κ1) is 23.9. The van der Waals surface area contributed by atoms with Gasteiger partial charge in [-0.05, 0) is 36.1 Å². The monoisotopic (exact) mass is 497 g/mol. The Labute approximate surface area is 196 Å². The van der Waals surface area contributed by atoms with Crippen molar-refractivity contribution in [3.63, 3.8) is 0 Å². The summed E-state index contributed by atoms with van der Waals surface area (Å²) in [6.45, 7) is 1.51. The molecule has 2 N–H and O–H groups in total. The maximum absolute atomic E-state index is 12.1. The van der Waals surface area contributed by atoms with Gasteiger partial charge in [0.2, 0.25) is 0 Å². The van der Waals surface area contributed by atoms with E-state index in [1.165, 1.54) is 4.68 Å². The van der Waals surface area contributed by atoms with Crippen LogP contribution < -0.4 is 15.4 Å². The Morgan fingerprint density at radius 3 is 2.58 bits per heavy atom. The van der Waals surface area contributed by atoms with Crippen molar-refractivity contribution in [1.29, 1.82) is 0 Å². The Kier molecular flexibility index (Phi) is 7.79. The molecule has 0 aliphatic carbocycles. The lowest BCUT2D eigenvalue weighted by Crippen LogP contribution is -2.36. The summed E-state index contributed by atoms with van der Waals surface area (Å²) in [4.78, 5) is 38.1. The third kappa shape index (κ3) is 6.40. The van der Waals surface area contributed by atoms with E-state index in [4.69, 9.17) is 32.5 Å². The molecule has 2 heterocycles. The van der Waals surface area contributed by atoms with Crippen LogP contribution in [0, 0.1) is 17.0 Å². The average Bonchev–Trinajstić information content (AvgIpc) is 3.36. The predicted octanol–water partition coefficient (Wildman–Crippen LogP) is 1.76. The summed E-state index contributed by atoms with van der Waals surface area (Å²) in [5.41, 5.74) is 0.343. The summed E-state index contributed by atoms with van der Waals surface area (Å²) in [7, 11) is 0. The van der Waals surface area contributed by atoms with E-state index in [1.54, 1.807) is 31.2 Å². The van der Waals surface area contributed by atoms with Crippen LogP contribution in [0.3, 0.4) is 0 Å². The molecular formula is C18H17Cl2N7O6. The van der Waals surface area contributed by atoms with Crippen LogP contribution in [0.4, 0.5) is 5.82 Å². The molecule has 0 saturated carbocycles. The fourth-order valence-corrected chi connectivity index (χ4v) is 2.84. The molecule has 13 nitrogen and oxygen atoms in total. The molecule has 3 rings (SSSR count). The molecule has 15 heteroatoms. The average molecular weight is 498 g/mol. The number of nitro groups is 1. The molecule has 33 heavy (non-hydrogen) atoms. The van der Waals surface area contributed by atoms with Gasteiger partial charge in [-0.3, -0.25) is 9.59 Å². The van der Waals surface area contributed by atoms with E-state index in [-0.39, 0.29) is 48.9 Å². The topological polar surface area (TPSA) is 167 Å². The van der Waals surface area contributed by atoms with E-state index in [0.717, 1.165) is 0 Å². The van der Waals surface area contributed by atoms with E-state index in [9.17, 15) is 19.7 Å². The van der Waals surface area contributed by atoms with Crippen molar-refractivity contribution in [1.82, 2.24) is 30.6 Å². The highest BCUT2D eigenvalue weighted by Gasteiger charge is 2.25. The van der Waals surface area contributed by atoms with Crippen LogP contribution in [0.5, 0.6) is 5.75 Å². The second-order valence-corrected chi connectivity index (χ2v) is 7.32. The Morgan fingerprint density at radius 2 is 1.91 bits per heavy atom. The molecule has 0 aliphatic rings. The summed E-state index contributed by atoms with van der Waals surface area (Å²) in [6.07, 6.45) is 0. The van der Waals surface area contributed by atoms with E-state index in [2.05, 4.69) is 25.9 Å². The lowest BCUT2D eigenvalue weighted by molar-refractivity contribution is -0.389. The molecule has 1 aromatic carbocycles. The highest BCUT2D eigenvalue weighted by molar-refractivity contribution is 6.33. The van der Waals surface area contributed by atoms with Gasteiger partial charge in [-0.1, -0.05) is 28.4 Å². The second kappa shape index (κ2) is 10.7. The molecule has 2 amide bonds. The van der Waals surface area contributed by atoms with Gasteiger partial charge >= 0.3 is 17.6 Å². The third-order valence-corrected chi connectivity index (χ3v) is 4.85. The number of hydrogen-bond acceptors (Lipinski definition) is 9. The fraction of sp³-hybridized carbons (Fsp3) is 0.278. The van der Waals surface area contributed by atoms with Gasteiger partial charge in [0.1, 0.15) is 12.3 Å². The number of carbonyl (C=O) groups is 2. The summed E-state index contributed by atoms with van der Waals surface area (Å²) in [6, 6.07) is 6.56. The van der Waals surface area contributed by atoms with Crippen molar-refractivity contribution in [3.8, 4) is 5.75 Å². The molecule has 0 bridgehead atoms. The van der Waals surface area contributed by atoms with Crippen molar-refractivity contribution in [2.75, 3.05) is 19.7 Å². The molecule has 0 radical (unpaired) electrons. The predicted molar refractivity (Wildman–Crippen MR) is 114 cm³/mol. The minimum Gasteiger partial charge on any atom is -0.484 e. The number of benzene rings is 1. The quantitative estimate of drug-likeness (QED) is 0.240. The van der Waals surface area contributed by atoms with Crippen molar-refractivity contribution in [2.24, 2.45) is 0 Å². The SMILES string of the molecule is Cc1c(Cl)c([N+](=O)[O-])nn1Cc1noc(C(=O)NCCNC(=O)COc2ccc(Cl)cc2)n1. The van der Waals surface area contributed by atoms with Crippen molar-refractivity contribution in [2.45, 2.75) is 13.5 Å². The molecule has 174 valence electrons. The Hall–Kier alpha value is -3.71. The van der Waals surface area contributed by atoms with Gasteiger partial charge < -0.3 is 30.0 Å². The molecule has 3 aromatic rings. The third-order valence-electron chi connectivity index (χ3n) is 4.16. The summed E-state index contributed by atoms with van der Waals surface area (Å²) in [5.74, 6) is -1.26. The second-order valence-electron chi connectivity index (χ2n) is 6.50. The Bertz CT molecular complexity index is 1160. The van der Waals surface area contributed by atoms with Crippen LogP contribution in [0.15, 0.2) is 28.8 Å². The standard InChI is InChI=1S/C18H17Cl2N7O6/c1-10-15(20)16(27(30)31)24-26(10)8-13-23-18(33-25-13)17(29)22-7-6-21-14(28)9-32-12-4-2-11(19)3-5-12/h2-5H,6-9H2,1H3,(H,21,28)(H,22,29). The number of rotatable bonds is 10. The zero-order chi connectivity index (χ0) is 24.0. The van der Waals surface area contributed by atoms with Gasteiger partial charge in [0.25, 0.3) is 5.91 Å². The zero-order valence-corrected chi connectivity index (χ0v) is 18.6. The van der Waals surface area contributed by atoms with Crippen LogP contribution in [-0.2, 0) is 11.3 Å². The maximum atomic E-state index is 12.1. The molecule has 0 aliphatic heterocycles. The number of halogens is 2. The van der Waals surface area contributed by atoms with Gasteiger partial charge in [-0.25, -0.2) is 0 Å². The smallest absolute Gasteiger partial charge is 0.408 e. The fourth-order valence-electron chi connectivity index (χ4n) is 2.51. The first-order chi connectivity index (χ1) is 15.7. The molecule has 0 unspecified atom stereocenters. The summed E-state index contributed by atoms with van der Waals surface area (Å²) in [5, 5.41) is 23.9. The van der Waals surface area contributed by atoms with Crippen LogP contribution >= 0.6 is 23.2 Å². The lowest BCUT2D eigenvalue weighted by Gasteiger charge is -2.07. The molecule has 0 atom stereocenters. The van der Waals surface area contributed by atoms with Crippen LogP contribution in [0.2, 0.25) is 10.0 Å².